The molecule has 0 amide bonds. The van der Waals surface area contributed by atoms with Gasteiger partial charge in [0, 0.05) is 24.1 Å². The lowest BCUT2D eigenvalue weighted by atomic mass is 10.2. The molecule has 0 aliphatic rings. The Kier molecular flexibility index (Phi) is 3.76. The summed E-state index contributed by atoms with van der Waals surface area (Å²) >= 11 is 0. The van der Waals surface area contributed by atoms with Crippen LogP contribution in [-0.2, 0) is 6.42 Å². The molecule has 0 spiro atoms. The molecule has 1 heterocycles. The Morgan fingerprint density at radius 3 is 2.35 bits per heavy atom. The van der Waals surface area contributed by atoms with E-state index >= 15 is 0 Å². The summed E-state index contributed by atoms with van der Waals surface area (Å²) in [4.78, 5) is 14.8. The third-order valence-electron chi connectivity index (χ3n) is 3.42. The lowest BCUT2D eigenvalue weighted by Gasteiger charge is -2.03. The van der Waals surface area contributed by atoms with E-state index in [0.717, 1.165) is 11.5 Å². The minimum Gasteiger partial charge on any atom is -0.508 e. The monoisotopic (exact) mass is 310 g/mol. The highest BCUT2D eigenvalue weighted by molar-refractivity contribution is 5.57. The number of non-ortho nitro benzene ring substituents is 1. The average Bonchev–Trinajstić information content (AvgIpc) is 3.00. The summed E-state index contributed by atoms with van der Waals surface area (Å²) in [6, 6.07) is 12.8. The number of hydrogen-bond donors (Lipinski definition) is 1. The van der Waals surface area contributed by atoms with Gasteiger partial charge in [-0.1, -0.05) is 6.92 Å². The number of nitro benzene ring substituents is 1. The summed E-state index contributed by atoms with van der Waals surface area (Å²) in [5, 5.41) is 24.6. The topological polar surface area (TPSA) is 94.1 Å². The molecule has 0 aliphatic carbocycles. The van der Waals surface area contributed by atoms with Crippen LogP contribution in [0.15, 0.2) is 48.5 Å². The molecule has 23 heavy (non-hydrogen) atoms. The first-order valence-corrected chi connectivity index (χ1v) is 7.08. The van der Waals surface area contributed by atoms with Gasteiger partial charge in [0.05, 0.1) is 10.6 Å². The molecule has 116 valence electrons. The van der Waals surface area contributed by atoms with Crippen molar-refractivity contribution in [2.75, 3.05) is 0 Å². The van der Waals surface area contributed by atoms with Crippen molar-refractivity contribution < 1.29 is 10.0 Å². The number of phenols is 1. The number of benzene rings is 2. The second-order valence-electron chi connectivity index (χ2n) is 4.94. The maximum atomic E-state index is 10.7. The van der Waals surface area contributed by atoms with E-state index in [4.69, 9.17) is 0 Å². The zero-order chi connectivity index (χ0) is 16.4. The van der Waals surface area contributed by atoms with E-state index in [1.54, 1.807) is 41.1 Å². The smallest absolute Gasteiger partial charge is 0.269 e. The van der Waals surface area contributed by atoms with Crippen LogP contribution in [0.3, 0.4) is 0 Å². The van der Waals surface area contributed by atoms with Crippen LogP contribution in [-0.4, -0.2) is 24.8 Å². The number of aromatic hydroxyl groups is 1. The van der Waals surface area contributed by atoms with Gasteiger partial charge in [-0.05, 0) is 36.4 Å². The molecule has 0 saturated heterocycles. The van der Waals surface area contributed by atoms with Gasteiger partial charge in [0.25, 0.3) is 5.69 Å². The number of aromatic nitrogens is 3. The van der Waals surface area contributed by atoms with E-state index in [-0.39, 0.29) is 11.4 Å². The van der Waals surface area contributed by atoms with Gasteiger partial charge in [0.15, 0.2) is 5.82 Å². The fourth-order valence-electron chi connectivity index (χ4n) is 2.23. The van der Waals surface area contributed by atoms with Crippen LogP contribution in [0.5, 0.6) is 5.75 Å². The summed E-state index contributed by atoms with van der Waals surface area (Å²) < 4.78 is 1.70. The van der Waals surface area contributed by atoms with Crippen molar-refractivity contribution in [1.82, 2.24) is 14.8 Å². The van der Waals surface area contributed by atoms with Gasteiger partial charge >= 0.3 is 0 Å². The summed E-state index contributed by atoms with van der Waals surface area (Å²) in [5.74, 6) is 1.45. The molecular formula is C16H14N4O3. The first kappa shape index (κ1) is 14.7. The maximum absolute atomic E-state index is 10.7. The number of aryl methyl sites for hydroxylation is 1. The lowest BCUT2D eigenvalue weighted by Crippen LogP contribution is -2.01. The van der Waals surface area contributed by atoms with E-state index in [9.17, 15) is 15.2 Å². The number of nitrogens with zero attached hydrogens (tertiary/aromatic N) is 4. The first-order chi connectivity index (χ1) is 11.1. The standard InChI is InChI=1S/C16H14N4O3/c1-2-15-17-16(11-3-5-13(6-4-11)20(22)23)18-19(15)12-7-9-14(21)10-8-12/h3-10,21H,2H2,1H3. The van der Waals surface area contributed by atoms with Crippen molar-refractivity contribution in [1.29, 1.82) is 0 Å². The van der Waals surface area contributed by atoms with E-state index in [0.29, 0.717) is 17.8 Å². The van der Waals surface area contributed by atoms with Gasteiger partial charge < -0.3 is 5.11 Å². The Balaban J connectivity index is 2.01. The maximum Gasteiger partial charge on any atom is 0.269 e. The molecule has 0 saturated carbocycles. The van der Waals surface area contributed by atoms with Crippen LogP contribution < -0.4 is 0 Å². The van der Waals surface area contributed by atoms with E-state index in [1.807, 2.05) is 6.92 Å². The predicted molar refractivity (Wildman–Crippen MR) is 84.5 cm³/mol. The van der Waals surface area contributed by atoms with Crippen LogP contribution in [0.2, 0.25) is 0 Å². The second kappa shape index (κ2) is 5.88. The first-order valence-electron chi connectivity index (χ1n) is 7.08. The molecule has 1 N–H and O–H groups in total. The normalized spacial score (nSPS) is 10.7. The Morgan fingerprint density at radius 2 is 1.78 bits per heavy atom. The summed E-state index contributed by atoms with van der Waals surface area (Å²) in [5.41, 5.74) is 1.53. The minimum absolute atomic E-state index is 0.0300. The summed E-state index contributed by atoms with van der Waals surface area (Å²) in [6.07, 6.45) is 0.681. The van der Waals surface area contributed by atoms with E-state index in [2.05, 4.69) is 10.1 Å². The number of phenolic OH excluding ortho intramolecular Hbond substituents is 1. The molecular weight excluding hydrogens is 296 g/mol. The fraction of sp³-hybridized carbons (Fsp3) is 0.125. The minimum atomic E-state index is -0.441. The Hall–Kier alpha value is -3.22. The van der Waals surface area contributed by atoms with Crippen molar-refractivity contribution in [2.45, 2.75) is 13.3 Å². The highest BCUT2D eigenvalue weighted by Gasteiger charge is 2.13. The average molecular weight is 310 g/mol. The van der Waals surface area contributed by atoms with E-state index < -0.39 is 4.92 Å². The molecule has 3 rings (SSSR count). The van der Waals surface area contributed by atoms with Gasteiger partial charge in [-0.15, -0.1) is 5.10 Å². The lowest BCUT2D eigenvalue weighted by molar-refractivity contribution is -0.384. The molecule has 0 aliphatic heterocycles. The molecule has 2 aromatic carbocycles. The van der Waals surface area contributed by atoms with Gasteiger partial charge in [-0.3, -0.25) is 10.1 Å². The Bertz CT molecular complexity index is 839. The summed E-state index contributed by atoms with van der Waals surface area (Å²) in [6.45, 7) is 1.97. The van der Waals surface area contributed by atoms with Crippen LogP contribution in [0, 0.1) is 10.1 Å². The number of hydrogen-bond acceptors (Lipinski definition) is 5. The Morgan fingerprint density at radius 1 is 1.13 bits per heavy atom. The SMILES string of the molecule is CCc1nc(-c2ccc([N+](=O)[O-])cc2)nn1-c1ccc(O)cc1. The van der Waals surface area contributed by atoms with Crippen LogP contribution >= 0.6 is 0 Å². The van der Waals surface area contributed by atoms with Crippen LogP contribution in [0.25, 0.3) is 17.1 Å². The molecule has 1 aromatic heterocycles. The zero-order valence-electron chi connectivity index (χ0n) is 12.4. The molecule has 7 nitrogen and oxygen atoms in total. The van der Waals surface area contributed by atoms with Gasteiger partial charge in [-0.2, -0.15) is 0 Å². The zero-order valence-corrected chi connectivity index (χ0v) is 12.4. The highest BCUT2D eigenvalue weighted by Crippen LogP contribution is 2.22. The van der Waals surface area contributed by atoms with Crippen LogP contribution in [0.1, 0.15) is 12.7 Å². The second-order valence-corrected chi connectivity index (χ2v) is 4.94. The van der Waals surface area contributed by atoms with Crippen molar-refractivity contribution in [3.8, 4) is 22.8 Å². The molecule has 0 fully saturated rings. The van der Waals surface area contributed by atoms with Crippen molar-refractivity contribution in [2.24, 2.45) is 0 Å². The summed E-state index contributed by atoms with van der Waals surface area (Å²) in [7, 11) is 0. The molecule has 0 unspecified atom stereocenters. The predicted octanol–water partition coefficient (Wildman–Crippen LogP) is 3.11. The number of nitro groups is 1. The van der Waals surface area contributed by atoms with Crippen molar-refractivity contribution in [3.63, 3.8) is 0 Å². The van der Waals surface area contributed by atoms with Gasteiger partial charge in [-0.25, -0.2) is 9.67 Å². The molecule has 0 atom stereocenters. The van der Waals surface area contributed by atoms with E-state index in [1.165, 1.54) is 12.1 Å². The van der Waals surface area contributed by atoms with Crippen LogP contribution in [0.4, 0.5) is 5.69 Å². The highest BCUT2D eigenvalue weighted by atomic mass is 16.6. The Labute approximate surface area is 132 Å². The van der Waals surface area contributed by atoms with Crippen molar-refractivity contribution in [3.05, 3.63) is 64.5 Å². The molecule has 7 heteroatoms. The third-order valence-corrected chi connectivity index (χ3v) is 3.42. The third kappa shape index (κ3) is 2.89. The fourth-order valence-corrected chi connectivity index (χ4v) is 2.23. The molecule has 0 radical (unpaired) electrons. The van der Waals surface area contributed by atoms with Crippen molar-refractivity contribution >= 4 is 5.69 Å². The van der Waals surface area contributed by atoms with Gasteiger partial charge in [0.2, 0.25) is 0 Å². The van der Waals surface area contributed by atoms with Gasteiger partial charge in [0.1, 0.15) is 11.6 Å². The molecule has 3 aromatic rings. The number of rotatable bonds is 4. The largest absolute Gasteiger partial charge is 0.508 e. The quantitative estimate of drug-likeness (QED) is 0.590. The molecule has 0 bridgehead atoms.